The van der Waals surface area contributed by atoms with Gasteiger partial charge in [0.15, 0.2) is 0 Å². The highest BCUT2D eigenvalue weighted by Crippen LogP contribution is 2.22. The predicted octanol–water partition coefficient (Wildman–Crippen LogP) is 1.04. The fourth-order valence-electron chi connectivity index (χ4n) is 2.53. The molecule has 0 amide bonds. The fraction of sp³-hybridized carbons (Fsp3) is 0.571. The van der Waals surface area contributed by atoms with Crippen LogP contribution in [-0.2, 0) is 0 Å². The van der Waals surface area contributed by atoms with Gasteiger partial charge in [-0.15, -0.1) is 0 Å². The zero-order valence-electron chi connectivity index (χ0n) is 11.5. The van der Waals surface area contributed by atoms with Crippen LogP contribution in [0.4, 0.5) is 5.69 Å². The fourth-order valence-corrected chi connectivity index (χ4v) is 2.53. The minimum atomic E-state index is 0.530. The first kappa shape index (κ1) is 13.2. The lowest BCUT2D eigenvalue weighted by Gasteiger charge is -2.41. The molecule has 0 saturated carbocycles. The highest BCUT2D eigenvalue weighted by atomic mass is 16.5. The number of hydrogen-bond donors (Lipinski definition) is 1. The van der Waals surface area contributed by atoms with Gasteiger partial charge in [-0.2, -0.15) is 0 Å². The summed E-state index contributed by atoms with van der Waals surface area (Å²) in [6.45, 7) is 4.31. The van der Waals surface area contributed by atoms with Crippen LogP contribution in [0.25, 0.3) is 0 Å². The van der Waals surface area contributed by atoms with Crippen molar-refractivity contribution in [2.75, 3.05) is 52.3 Å². The summed E-state index contributed by atoms with van der Waals surface area (Å²) < 4.78 is 5.21. The van der Waals surface area contributed by atoms with Crippen molar-refractivity contribution in [3.63, 3.8) is 0 Å². The Hall–Kier alpha value is -1.26. The third-order valence-electron chi connectivity index (χ3n) is 3.53. The Bertz CT molecular complexity index is 366. The summed E-state index contributed by atoms with van der Waals surface area (Å²) >= 11 is 0. The average Bonchev–Trinajstić information content (AvgIpc) is 2.40. The summed E-state index contributed by atoms with van der Waals surface area (Å²) in [5.41, 5.74) is 1.28. The van der Waals surface area contributed by atoms with E-state index in [4.69, 9.17) is 4.74 Å². The number of likely N-dealkylation sites (N-methyl/N-ethyl adjacent to an activating group) is 2. The number of nitrogens with zero attached hydrogens (tertiary/aromatic N) is 2. The van der Waals surface area contributed by atoms with E-state index in [0.717, 1.165) is 31.9 Å². The first-order valence-electron chi connectivity index (χ1n) is 6.48. The molecule has 1 atom stereocenters. The topological polar surface area (TPSA) is 27.7 Å². The summed E-state index contributed by atoms with van der Waals surface area (Å²) in [5, 5.41) is 3.29. The molecule has 0 bridgehead atoms. The van der Waals surface area contributed by atoms with Crippen molar-refractivity contribution in [3.8, 4) is 5.75 Å². The second kappa shape index (κ2) is 6.07. The average molecular weight is 249 g/mol. The summed E-state index contributed by atoms with van der Waals surface area (Å²) in [6.07, 6.45) is 0. The smallest absolute Gasteiger partial charge is 0.119 e. The van der Waals surface area contributed by atoms with Crippen LogP contribution in [0.15, 0.2) is 24.3 Å². The third-order valence-corrected chi connectivity index (χ3v) is 3.53. The molecule has 1 aromatic rings. The Morgan fingerprint density at radius 1 is 1.28 bits per heavy atom. The summed E-state index contributed by atoms with van der Waals surface area (Å²) in [5.74, 6) is 0.915. The lowest BCUT2D eigenvalue weighted by atomic mass is 10.1. The molecule has 2 rings (SSSR count). The van der Waals surface area contributed by atoms with E-state index in [1.165, 1.54) is 5.69 Å². The van der Waals surface area contributed by atoms with Gasteiger partial charge in [-0.3, -0.25) is 0 Å². The van der Waals surface area contributed by atoms with Crippen molar-refractivity contribution in [2.24, 2.45) is 0 Å². The number of ether oxygens (including phenoxy) is 1. The van der Waals surface area contributed by atoms with Gasteiger partial charge in [-0.05, 0) is 38.4 Å². The monoisotopic (exact) mass is 249 g/mol. The van der Waals surface area contributed by atoms with E-state index in [1.54, 1.807) is 7.11 Å². The predicted molar refractivity (Wildman–Crippen MR) is 75.6 cm³/mol. The molecule has 1 aliphatic heterocycles. The van der Waals surface area contributed by atoms with E-state index in [1.807, 2.05) is 19.2 Å². The van der Waals surface area contributed by atoms with E-state index in [0.29, 0.717) is 6.04 Å². The third kappa shape index (κ3) is 2.94. The molecule has 1 saturated heterocycles. The zero-order chi connectivity index (χ0) is 13.0. The van der Waals surface area contributed by atoms with Gasteiger partial charge >= 0.3 is 0 Å². The molecule has 1 N–H and O–H groups in total. The van der Waals surface area contributed by atoms with Gasteiger partial charge in [-0.1, -0.05) is 0 Å². The number of piperazine rings is 1. The molecule has 1 heterocycles. The molecule has 1 fully saturated rings. The number of anilines is 1. The molecule has 18 heavy (non-hydrogen) atoms. The highest BCUT2D eigenvalue weighted by molar-refractivity contribution is 5.50. The second-order valence-corrected chi connectivity index (χ2v) is 4.87. The van der Waals surface area contributed by atoms with E-state index in [9.17, 15) is 0 Å². The van der Waals surface area contributed by atoms with E-state index in [2.05, 4.69) is 34.3 Å². The Morgan fingerprint density at radius 3 is 2.61 bits per heavy atom. The lowest BCUT2D eigenvalue weighted by molar-refractivity contribution is 0.265. The van der Waals surface area contributed by atoms with Gasteiger partial charge in [0, 0.05) is 31.9 Å². The van der Waals surface area contributed by atoms with Gasteiger partial charge in [0.05, 0.1) is 13.2 Å². The van der Waals surface area contributed by atoms with E-state index < -0.39 is 0 Å². The number of nitrogens with one attached hydrogen (secondary N) is 1. The molecule has 0 aliphatic carbocycles. The van der Waals surface area contributed by atoms with Crippen LogP contribution in [0.3, 0.4) is 0 Å². The number of rotatable bonds is 4. The molecule has 0 radical (unpaired) electrons. The Kier molecular flexibility index (Phi) is 4.44. The Labute approximate surface area is 110 Å². The second-order valence-electron chi connectivity index (χ2n) is 4.87. The van der Waals surface area contributed by atoms with Crippen LogP contribution >= 0.6 is 0 Å². The van der Waals surface area contributed by atoms with E-state index in [-0.39, 0.29) is 0 Å². The van der Waals surface area contributed by atoms with Crippen LogP contribution in [0.1, 0.15) is 0 Å². The maximum atomic E-state index is 5.21. The maximum Gasteiger partial charge on any atom is 0.119 e. The van der Waals surface area contributed by atoms with Gasteiger partial charge in [0.1, 0.15) is 5.75 Å². The van der Waals surface area contributed by atoms with Crippen molar-refractivity contribution >= 4 is 5.69 Å². The molecule has 100 valence electrons. The summed E-state index contributed by atoms with van der Waals surface area (Å²) in [7, 11) is 5.91. The first-order valence-corrected chi connectivity index (χ1v) is 6.48. The van der Waals surface area contributed by atoms with Crippen molar-refractivity contribution in [1.82, 2.24) is 10.2 Å². The SMILES string of the molecule is CNCC1CN(C)CCN1c1ccc(OC)cc1. The standard InChI is InChI=1S/C14H23N3O/c1-15-10-13-11-16(2)8-9-17(13)12-4-6-14(18-3)7-5-12/h4-7,13,15H,8-11H2,1-3H3. The van der Waals surface area contributed by atoms with Crippen molar-refractivity contribution in [3.05, 3.63) is 24.3 Å². The molecule has 0 aromatic heterocycles. The molecule has 1 aromatic carbocycles. The molecule has 1 unspecified atom stereocenters. The van der Waals surface area contributed by atoms with Crippen LogP contribution in [0.5, 0.6) is 5.75 Å². The molecule has 1 aliphatic rings. The van der Waals surface area contributed by atoms with Crippen LogP contribution in [0.2, 0.25) is 0 Å². The van der Waals surface area contributed by atoms with Gasteiger partial charge in [0.2, 0.25) is 0 Å². The van der Waals surface area contributed by atoms with Crippen molar-refractivity contribution in [1.29, 1.82) is 0 Å². The van der Waals surface area contributed by atoms with Crippen LogP contribution in [0, 0.1) is 0 Å². The van der Waals surface area contributed by atoms with Crippen molar-refractivity contribution in [2.45, 2.75) is 6.04 Å². The molecule has 4 nitrogen and oxygen atoms in total. The Balaban J connectivity index is 2.12. The highest BCUT2D eigenvalue weighted by Gasteiger charge is 2.24. The summed E-state index contributed by atoms with van der Waals surface area (Å²) in [6, 6.07) is 8.88. The largest absolute Gasteiger partial charge is 0.497 e. The minimum Gasteiger partial charge on any atom is -0.497 e. The molecular weight excluding hydrogens is 226 g/mol. The maximum absolute atomic E-state index is 5.21. The number of benzene rings is 1. The first-order chi connectivity index (χ1) is 8.74. The van der Waals surface area contributed by atoms with Crippen molar-refractivity contribution < 1.29 is 4.74 Å². The minimum absolute atomic E-state index is 0.530. The van der Waals surface area contributed by atoms with Crippen LogP contribution in [-0.4, -0.2) is 58.3 Å². The molecule has 0 spiro atoms. The van der Waals surface area contributed by atoms with E-state index >= 15 is 0 Å². The lowest BCUT2D eigenvalue weighted by Crippen LogP contribution is -2.55. The summed E-state index contributed by atoms with van der Waals surface area (Å²) in [4.78, 5) is 4.87. The van der Waals surface area contributed by atoms with Gasteiger partial charge < -0.3 is 19.9 Å². The normalized spacial score (nSPS) is 21.1. The number of methoxy groups -OCH3 is 1. The molecular formula is C14H23N3O. The molecule has 4 heteroatoms. The number of hydrogen-bond acceptors (Lipinski definition) is 4. The quantitative estimate of drug-likeness (QED) is 0.863. The van der Waals surface area contributed by atoms with Crippen LogP contribution < -0.4 is 15.0 Å². The Morgan fingerprint density at radius 2 is 2.00 bits per heavy atom. The van der Waals surface area contributed by atoms with Gasteiger partial charge in [0.25, 0.3) is 0 Å². The zero-order valence-corrected chi connectivity index (χ0v) is 11.5. The van der Waals surface area contributed by atoms with Gasteiger partial charge in [-0.25, -0.2) is 0 Å².